The second kappa shape index (κ2) is 7.34. The van der Waals surface area contributed by atoms with Crippen molar-refractivity contribution in [3.8, 4) is 0 Å². The topological polar surface area (TPSA) is 66.4 Å². The van der Waals surface area contributed by atoms with Crippen LogP contribution in [0.5, 0.6) is 0 Å². The zero-order valence-corrected chi connectivity index (χ0v) is 7.58. The van der Waals surface area contributed by atoms with Crippen LogP contribution in [0.25, 0.3) is 0 Å². The van der Waals surface area contributed by atoms with Crippen molar-refractivity contribution in [2.45, 2.75) is 25.7 Å². The summed E-state index contributed by atoms with van der Waals surface area (Å²) in [6.45, 7) is 3.85. The van der Waals surface area contributed by atoms with Gasteiger partial charge in [-0.05, 0) is 12.8 Å². The molecule has 0 radical (unpaired) electrons. The number of carboxylic acids is 1. The number of carbonyl (C=O) groups excluding carboxylic acids is 1. The van der Waals surface area contributed by atoms with Crippen LogP contribution in [0.3, 0.4) is 0 Å². The van der Waals surface area contributed by atoms with Crippen LogP contribution < -0.4 is 5.32 Å². The molecule has 0 bridgehead atoms. The molecule has 0 aromatic carbocycles. The molecule has 1 heterocycles. The summed E-state index contributed by atoms with van der Waals surface area (Å²) >= 11 is 0. The molecule has 74 valence electrons. The van der Waals surface area contributed by atoms with E-state index in [2.05, 4.69) is 11.9 Å². The smallest absolute Gasteiger partial charge is 0.327 e. The van der Waals surface area contributed by atoms with Crippen LogP contribution in [-0.2, 0) is 9.59 Å². The average molecular weight is 185 g/mol. The first-order valence-corrected chi connectivity index (χ1v) is 4.29. The van der Waals surface area contributed by atoms with Crippen molar-refractivity contribution in [1.29, 1.82) is 0 Å². The predicted octanol–water partition coefficient (Wildman–Crippen LogP) is 0.934. The maximum atomic E-state index is 10.6. The summed E-state index contributed by atoms with van der Waals surface area (Å²) in [7, 11) is 0. The van der Waals surface area contributed by atoms with E-state index in [1.807, 2.05) is 0 Å². The lowest BCUT2D eigenvalue weighted by molar-refractivity contribution is -0.131. The van der Waals surface area contributed by atoms with Gasteiger partial charge in [-0.3, -0.25) is 4.79 Å². The van der Waals surface area contributed by atoms with Gasteiger partial charge >= 0.3 is 5.97 Å². The van der Waals surface area contributed by atoms with Crippen molar-refractivity contribution < 1.29 is 14.7 Å². The van der Waals surface area contributed by atoms with Crippen molar-refractivity contribution in [2.75, 3.05) is 6.54 Å². The van der Waals surface area contributed by atoms with Gasteiger partial charge in [-0.15, -0.1) is 0 Å². The molecule has 0 unspecified atom stereocenters. The van der Waals surface area contributed by atoms with Crippen LogP contribution in [0.15, 0.2) is 12.7 Å². The third kappa shape index (κ3) is 8.59. The average Bonchev–Trinajstić information content (AvgIpc) is 2.33. The van der Waals surface area contributed by atoms with Crippen LogP contribution in [0.1, 0.15) is 25.7 Å². The minimum atomic E-state index is -0.981. The molecule has 1 amide bonds. The maximum Gasteiger partial charge on any atom is 0.327 e. The maximum absolute atomic E-state index is 10.6. The van der Waals surface area contributed by atoms with E-state index in [-0.39, 0.29) is 5.91 Å². The number of carboxylic acid groups (broad SMARTS) is 1. The first kappa shape index (κ1) is 11.7. The monoisotopic (exact) mass is 185 g/mol. The highest BCUT2D eigenvalue weighted by Crippen LogP contribution is 2.02. The molecule has 4 nitrogen and oxygen atoms in total. The van der Waals surface area contributed by atoms with Gasteiger partial charge in [0.2, 0.25) is 5.91 Å². The highest BCUT2D eigenvalue weighted by molar-refractivity contribution is 5.78. The lowest BCUT2D eigenvalue weighted by Crippen LogP contribution is -2.21. The molecule has 4 heteroatoms. The summed E-state index contributed by atoms with van der Waals surface area (Å²) in [5.41, 5.74) is 0. The van der Waals surface area contributed by atoms with Gasteiger partial charge < -0.3 is 10.4 Å². The lowest BCUT2D eigenvalue weighted by atomic mass is 10.2. The molecule has 2 N–H and O–H groups in total. The highest BCUT2D eigenvalue weighted by atomic mass is 16.4. The summed E-state index contributed by atoms with van der Waals surface area (Å²) in [5.74, 6) is -0.757. The SMILES string of the molecule is C=CC(=O)O.O=C1CCCCCN1. The van der Waals surface area contributed by atoms with Crippen LogP contribution >= 0.6 is 0 Å². The molecule has 1 fully saturated rings. The van der Waals surface area contributed by atoms with Gasteiger partial charge in [-0.2, -0.15) is 0 Å². The molecule has 0 saturated carbocycles. The molecule has 0 aromatic heterocycles. The van der Waals surface area contributed by atoms with E-state index in [9.17, 15) is 9.59 Å². The summed E-state index contributed by atoms with van der Waals surface area (Å²) in [6, 6.07) is 0. The number of aliphatic carboxylic acids is 1. The van der Waals surface area contributed by atoms with E-state index < -0.39 is 5.97 Å². The Morgan fingerprint density at radius 2 is 2.08 bits per heavy atom. The molecular weight excluding hydrogens is 170 g/mol. The fourth-order valence-electron chi connectivity index (χ4n) is 0.904. The first-order chi connectivity index (χ1) is 6.16. The van der Waals surface area contributed by atoms with Gasteiger partial charge in [0.05, 0.1) is 0 Å². The second-order valence-corrected chi connectivity index (χ2v) is 2.70. The van der Waals surface area contributed by atoms with Crippen LogP contribution in [0.4, 0.5) is 0 Å². The molecule has 0 aliphatic carbocycles. The second-order valence-electron chi connectivity index (χ2n) is 2.70. The fraction of sp³-hybridized carbons (Fsp3) is 0.556. The first-order valence-electron chi connectivity index (χ1n) is 4.29. The Morgan fingerprint density at radius 1 is 1.46 bits per heavy atom. The Hall–Kier alpha value is -1.32. The number of rotatable bonds is 1. The largest absolute Gasteiger partial charge is 0.478 e. The van der Waals surface area contributed by atoms with Gasteiger partial charge in [0.1, 0.15) is 0 Å². The quantitative estimate of drug-likeness (QED) is 0.597. The molecule has 1 saturated heterocycles. The molecule has 13 heavy (non-hydrogen) atoms. The number of nitrogens with one attached hydrogen (secondary N) is 1. The Labute approximate surface area is 77.6 Å². The van der Waals surface area contributed by atoms with Gasteiger partial charge in [0, 0.05) is 19.0 Å². The van der Waals surface area contributed by atoms with Gasteiger partial charge in [-0.1, -0.05) is 13.0 Å². The standard InChI is InChI=1S/C6H11NO.C3H4O2/c8-6-4-2-1-3-5-7-6;1-2-3(4)5/h1-5H2,(H,7,8);2H,1H2,(H,4,5). The number of carbonyl (C=O) groups is 2. The molecule has 1 aliphatic rings. The van der Waals surface area contributed by atoms with E-state index in [0.717, 1.165) is 31.9 Å². The highest BCUT2D eigenvalue weighted by Gasteiger charge is 2.03. The van der Waals surface area contributed by atoms with Crippen molar-refractivity contribution >= 4 is 11.9 Å². The number of amides is 1. The van der Waals surface area contributed by atoms with Crippen molar-refractivity contribution in [3.05, 3.63) is 12.7 Å². The van der Waals surface area contributed by atoms with Gasteiger partial charge in [0.25, 0.3) is 0 Å². The minimum absolute atomic E-state index is 0.225. The summed E-state index contributed by atoms with van der Waals surface area (Å²) in [5, 5.41) is 10.4. The Morgan fingerprint density at radius 3 is 2.62 bits per heavy atom. The third-order valence-electron chi connectivity index (χ3n) is 1.58. The van der Waals surface area contributed by atoms with Crippen molar-refractivity contribution in [3.63, 3.8) is 0 Å². The van der Waals surface area contributed by atoms with E-state index in [1.54, 1.807) is 0 Å². The van der Waals surface area contributed by atoms with Gasteiger partial charge in [-0.25, -0.2) is 4.79 Å². The zero-order chi connectivity index (χ0) is 10.1. The van der Waals surface area contributed by atoms with E-state index in [1.165, 1.54) is 6.42 Å². The molecule has 0 atom stereocenters. The lowest BCUT2D eigenvalue weighted by Gasteiger charge is -1.93. The van der Waals surface area contributed by atoms with E-state index in [0.29, 0.717) is 0 Å². The number of hydrogen-bond acceptors (Lipinski definition) is 2. The Bertz CT molecular complexity index is 179. The molecule has 0 spiro atoms. The number of hydrogen-bond donors (Lipinski definition) is 2. The molecular formula is C9H15NO3. The van der Waals surface area contributed by atoms with E-state index >= 15 is 0 Å². The Kier molecular flexibility index (Phi) is 6.59. The summed E-state index contributed by atoms with van der Waals surface area (Å²) in [4.78, 5) is 19.8. The zero-order valence-electron chi connectivity index (χ0n) is 7.58. The van der Waals surface area contributed by atoms with Crippen LogP contribution in [0.2, 0.25) is 0 Å². The molecule has 1 aliphatic heterocycles. The summed E-state index contributed by atoms with van der Waals surface area (Å²) in [6.07, 6.45) is 5.01. The van der Waals surface area contributed by atoms with Crippen LogP contribution in [0, 0.1) is 0 Å². The van der Waals surface area contributed by atoms with Gasteiger partial charge in [0.15, 0.2) is 0 Å². The molecule has 1 rings (SSSR count). The third-order valence-corrected chi connectivity index (χ3v) is 1.58. The normalized spacial score (nSPS) is 15.8. The van der Waals surface area contributed by atoms with Crippen molar-refractivity contribution in [2.24, 2.45) is 0 Å². The van der Waals surface area contributed by atoms with Crippen LogP contribution in [-0.4, -0.2) is 23.5 Å². The minimum Gasteiger partial charge on any atom is -0.478 e. The summed E-state index contributed by atoms with van der Waals surface area (Å²) < 4.78 is 0. The van der Waals surface area contributed by atoms with E-state index in [4.69, 9.17) is 5.11 Å². The predicted molar refractivity (Wildman–Crippen MR) is 49.3 cm³/mol. The Balaban J connectivity index is 0.000000252. The molecule has 0 aromatic rings. The fourth-order valence-corrected chi connectivity index (χ4v) is 0.904. The van der Waals surface area contributed by atoms with Crippen molar-refractivity contribution in [1.82, 2.24) is 5.32 Å².